The zero-order chi connectivity index (χ0) is 7.90. The van der Waals surface area contributed by atoms with Gasteiger partial charge in [0.15, 0.2) is 0 Å². The van der Waals surface area contributed by atoms with E-state index in [1.165, 1.54) is 0 Å². The fourth-order valence-electron chi connectivity index (χ4n) is 1.26. The van der Waals surface area contributed by atoms with Gasteiger partial charge in [-0.05, 0) is 18.9 Å². The molecule has 1 fully saturated rings. The summed E-state index contributed by atoms with van der Waals surface area (Å²) in [4.78, 5) is 0. The van der Waals surface area contributed by atoms with Gasteiger partial charge in [0, 0.05) is 25.2 Å². The molecular weight excluding hydrogens is 138 g/mol. The number of aryl methyl sites for hydroxylation is 1. The smallest absolute Gasteiger partial charge is 0.0642 e. The van der Waals surface area contributed by atoms with Crippen molar-refractivity contribution in [1.29, 1.82) is 0 Å². The normalized spacial score (nSPS) is 20.2. The first-order chi connectivity index (χ1) is 5.18. The first-order valence-electron chi connectivity index (χ1n) is 3.95. The molecule has 11 heavy (non-hydrogen) atoms. The Balaban J connectivity index is 2.06. The number of hydrogen-bond donors (Lipinski definition) is 1. The molecule has 1 aliphatic carbocycles. The molecule has 1 saturated carbocycles. The summed E-state index contributed by atoms with van der Waals surface area (Å²) in [5, 5.41) is 4.27. The lowest BCUT2D eigenvalue weighted by molar-refractivity contribution is 0.641. The molecular formula is C8H13N3. The summed E-state index contributed by atoms with van der Waals surface area (Å²) in [6.45, 7) is 0. The van der Waals surface area contributed by atoms with E-state index in [2.05, 4.69) is 5.10 Å². The molecule has 3 nitrogen and oxygen atoms in total. The minimum atomic E-state index is 0.0916. The van der Waals surface area contributed by atoms with E-state index in [-0.39, 0.29) is 5.54 Å². The third kappa shape index (κ3) is 1.43. The van der Waals surface area contributed by atoms with Gasteiger partial charge in [-0.3, -0.25) is 4.68 Å². The molecule has 2 rings (SSSR count). The van der Waals surface area contributed by atoms with E-state index in [9.17, 15) is 0 Å². The predicted molar refractivity (Wildman–Crippen MR) is 43.1 cm³/mol. The molecule has 1 aromatic heterocycles. The highest BCUT2D eigenvalue weighted by atomic mass is 15.2. The molecule has 0 radical (unpaired) electrons. The van der Waals surface area contributed by atoms with E-state index in [1.54, 1.807) is 0 Å². The largest absolute Gasteiger partial charge is 0.325 e. The van der Waals surface area contributed by atoms with Gasteiger partial charge in [-0.1, -0.05) is 0 Å². The van der Waals surface area contributed by atoms with Crippen molar-refractivity contribution in [2.75, 3.05) is 0 Å². The van der Waals surface area contributed by atoms with Gasteiger partial charge < -0.3 is 5.73 Å². The monoisotopic (exact) mass is 151 g/mol. The van der Waals surface area contributed by atoms with Crippen LogP contribution in [0.25, 0.3) is 0 Å². The molecule has 0 aliphatic heterocycles. The van der Waals surface area contributed by atoms with Gasteiger partial charge in [0.1, 0.15) is 0 Å². The van der Waals surface area contributed by atoms with E-state index in [0.29, 0.717) is 0 Å². The maximum atomic E-state index is 5.94. The van der Waals surface area contributed by atoms with Crippen LogP contribution in [-0.4, -0.2) is 15.3 Å². The van der Waals surface area contributed by atoms with Crippen molar-refractivity contribution in [2.24, 2.45) is 12.8 Å². The lowest BCUT2D eigenvalue weighted by Crippen LogP contribution is -2.24. The minimum Gasteiger partial charge on any atom is -0.325 e. The summed E-state index contributed by atoms with van der Waals surface area (Å²) in [5.41, 5.74) is 7.15. The number of nitrogens with two attached hydrogens (primary N) is 1. The van der Waals surface area contributed by atoms with Crippen LogP contribution in [0.2, 0.25) is 0 Å². The molecule has 3 heteroatoms. The molecule has 60 valence electrons. The van der Waals surface area contributed by atoms with Crippen LogP contribution < -0.4 is 5.73 Å². The van der Waals surface area contributed by atoms with Crippen molar-refractivity contribution in [3.63, 3.8) is 0 Å². The summed E-state index contributed by atoms with van der Waals surface area (Å²) in [5.74, 6) is 0. The summed E-state index contributed by atoms with van der Waals surface area (Å²) in [7, 11) is 1.93. The third-order valence-electron chi connectivity index (χ3n) is 2.19. The van der Waals surface area contributed by atoms with E-state index >= 15 is 0 Å². The van der Waals surface area contributed by atoms with Crippen LogP contribution in [-0.2, 0) is 13.5 Å². The number of aromatic nitrogens is 2. The van der Waals surface area contributed by atoms with Crippen LogP contribution in [0, 0.1) is 0 Å². The molecule has 0 amide bonds. The Morgan fingerprint density at radius 1 is 1.73 bits per heavy atom. The van der Waals surface area contributed by atoms with Gasteiger partial charge in [-0.2, -0.15) is 5.10 Å². The predicted octanol–water partition coefficient (Wildman–Crippen LogP) is 0.454. The molecule has 0 unspecified atom stereocenters. The Morgan fingerprint density at radius 2 is 2.45 bits per heavy atom. The number of nitrogens with zero attached hydrogens (tertiary/aromatic N) is 2. The van der Waals surface area contributed by atoms with Crippen LogP contribution in [0.5, 0.6) is 0 Å². The first kappa shape index (κ1) is 6.85. The third-order valence-corrected chi connectivity index (χ3v) is 2.19. The van der Waals surface area contributed by atoms with Crippen LogP contribution in [0.3, 0.4) is 0 Å². The molecule has 1 aromatic rings. The van der Waals surface area contributed by atoms with E-state index in [1.807, 2.05) is 24.0 Å². The molecule has 0 bridgehead atoms. The van der Waals surface area contributed by atoms with Crippen LogP contribution in [0.1, 0.15) is 18.5 Å². The van der Waals surface area contributed by atoms with Crippen molar-refractivity contribution in [2.45, 2.75) is 24.8 Å². The average Bonchev–Trinajstić information content (AvgIpc) is 2.49. The van der Waals surface area contributed by atoms with E-state index in [4.69, 9.17) is 5.73 Å². The first-order valence-corrected chi connectivity index (χ1v) is 3.95. The lowest BCUT2D eigenvalue weighted by Gasteiger charge is -2.03. The van der Waals surface area contributed by atoms with Crippen molar-refractivity contribution in [1.82, 2.24) is 9.78 Å². The Labute approximate surface area is 66.2 Å². The molecule has 0 saturated heterocycles. The number of rotatable bonds is 2. The molecule has 2 N–H and O–H groups in total. The molecule has 1 heterocycles. The van der Waals surface area contributed by atoms with Gasteiger partial charge in [0.25, 0.3) is 0 Å². The van der Waals surface area contributed by atoms with Crippen LogP contribution in [0.15, 0.2) is 12.3 Å². The van der Waals surface area contributed by atoms with E-state index in [0.717, 1.165) is 25.0 Å². The number of hydrogen-bond acceptors (Lipinski definition) is 2. The second-order valence-corrected chi connectivity index (χ2v) is 3.52. The highest BCUT2D eigenvalue weighted by molar-refractivity contribution is 5.11. The highest BCUT2D eigenvalue weighted by Crippen LogP contribution is 2.34. The molecule has 1 aliphatic rings. The van der Waals surface area contributed by atoms with E-state index < -0.39 is 0 Å². The van der Waals surface area contributed by atoms with Crippen molar-refractivity contribution < 1.29 is 0 Å². The van der Waals surface area contributed by atoms with Crippen molar-refractivity contribution in [3.8, 4) is 0 Å². The van der Waals surface area contributed by atoms with Gasteiger partial charge >= 0.3 is 0 Å². The Kier molecular flexibility index (Phi) is 1.29. The lowest BCUT2D eigenvalue weighted by atomic mass is 10.1. The fraction of sp³-hybridized carbons (Fsp3) is 0.625. The second-order valence-electron chi connectivity index (χ2n) is 3.52. The zero-order valence-electron chi connectivity index (χ0n) is 6.75. The Hall–Kier alpha value is -0.830. The van der Waals surface area contributed by atoms with Crippen molar-refractivity contribution in [3.05, 3.63) is 18.0 Å². The SMILES string of the molecule is Cn1ccc(CC2(N)CC2)n1. The van der Waals surface area contributed by atoms with Crippen LogP contribution >= 0.6 is 0 Å². The molecule has 0 aromatic carbocycles. The van der Waals surface area contributed by atoms with Gasteiger partial charge in [-0.25, -0.2) is 0 Å². The Bertz CT molecular complexity index is 260. The zero-order valence-corrected chi connectivity index (χ0v) is 6.75. The topological polar surface area (TPSA) is 43.8 Å². The van der Waals surface area contributed by atoms with Crippen molar-refractivity contribution >= 4 is 0 Å². The van der Waals surface area contributed by atoms with Gasteiger partial charge in [0.2, 0.25) is 0 Å². The highest BCUT2D eigenvalue weighted by Gasteiger charge is 2.38. The Morgan fingerprint density at radius 3 is 2.91 bits per heavy atom. The summed E-state index contributed by atoms with van der Waals surface area (Å²) in [6, 6.07) is 2.03. The minimum absolute atomic E-state index is 0.0916. The summed E-state index contributed by atoms with van der Waals surface area (Å²) in [6.07, 6.45) is 5.21. The fourth-order valence-corrected chi connectivity index (χ4v) is 1.26. The molecule has 0 atom stereocenters. The second kappa shape index (κ2) is 2.08. The summed E-state index contributed by atoms with van der Waals surface area (Å²) < 4.78 is 1.82. The van der Waals surface area contributed by atoms with Gasteiger partial charge in [0.05, 0.1) is 5.69 Å². The van der Waals surface area contributed by atoms with Crippen LogP contribution in [0.4, 0.5) is 0 Å². The maximum absolute atomic E-state index is 5.94. The quantitative estimate of drug-likeness (QED) is 0.667. The maximum Gasteiger partial charge on any atom is 0.0642 e. The standard InChI is InChI=1S/C8H13N3/c1-11-5-2-7(10-11)6-8(9)3-4-8/h2,5H,3-4,6,9H2,1H3. The van der Waals surface area contributed by atoms with Gasteiger partial charge in [-0.15, -0.1) is 0 Å². The average molecular weight is 151 g/mol. The summed E-state index contributed by atoms with van der Waals surface area (Å²) >= 11 is 0. The molecule has 0 spiro atoms.